The Hall–Kier alpha value is -2.52. The summed E-state index contributed by atoms with van der Waals surface area (Å²) in [5, 5.41) is 16.2. The van der Waals surface area contributed by atoms with Gasteiger partial charge in [0, 0.05) is 49.3 Å². The predicted molar refractivity (Wildman–Crippen MR) is 115 cm³/mol. The number of halogens is 2. The zero-order valence-electron chi connectivity index (χ0n) is 16.6. The second-order valence-corrected chi connectivity index (χ2v) is 7.93. The molecular formula is C21H22Cl2N2O6. The number of piperazine rings is 1. The third-order valence-electron chi connectivity index (χ3n) is 4.90. The first-order valence-electron chi connectivity index (χ1n) is 9.55. The molecule has 2 heterocycles. The van der Waals surface area contributed by atoms with E-state index in [9.17, 15) is 0 Å². The number of aliphatic carboxylic acids is 2. The predicted octanol–water partition coefficient (Wildman–Crippen LogP) is 3.20. The highest BCUT2D eigenvalue weighted by Gasteiger charge is 2.19. The van der Waals surface area contributed by atoms with E-state index in [1.54, 1.807) is 0 Å². The van der Waals surface area contributed by atoms with E-state index in [-0.39, 0.29) is 0 Å². The monoisotopic (exact) mass is 468 g/mol. The number of fused-ring (bicyclic) bond motifs is 1. The summed E-state index contributed by atoms with van der Waals surface area (Å²) in [7, 11) is 0. The minimum atomic E-state index is -1.82. The third kappa shape index (κ3) is 6.73. The molecule has 8 nitrogen and oxygen atoms in total. The van der Waals surface area contributed by atoms with Crippen LogP contribution in [0, 0.1) is 0 Å². The molecule has 2 aromatic carbocycles. The van der Waals surface area contributed by atoms with Crippen molar-refractivity contribution in [3.63, 3.8) is 0 Å². The second-order valence-electron chi connectivity index (χ2n) is 7.09. The van der Waals surface area contributed by atoms with Crippen LogP contribution in [0.15, 0.2) is 36.4 Å². The summed E-state index contributed by atoms with van der Waals surface area (Å²) < 4.78 is 10.8. The summed E-state index contributed by atoms with van der Waals surface area (Å²) in [6.45, 7) is 6.27. The minimum absolute atomic E-state index is 0.324. The standard InChI is InChI=1S/C19H20Cl2N2O2.C2H2O4/c20-16-3-2-15(17(21)10-16)12-23-7-5-22(6-8-23)11-14-1-4-18-19(9-14)25-13-24-18;3-1(4)2(5)6/h1-4,9-10H,5-8,11-13H2;(H,3,4)(H,5,6). The SMILES string of the molecule is Clc1ccc(CN2CCN(Cc3ccc4c(c3)OCO4)CC2)c(Cl)c1.O=C(O)C(=O)O. The molecule has 0 amide bonds. The molecule has 0 aliphatic carbocycles. The van der Waals surface area contributed by atoms with E-state index in [2.05, 4.69) is 21.9 Å². The van der Waals surface area contributed by atoms with Crippen LogP contribution in [0.25, 0.3) is 0 Å². The number of ether oxygens (including phenoxy) is 2. The smallest absolute Gasteiger partial charge is 0.414 e. The highest BCUT2D eigenvalue weighted by atomic mass is 35.5. The van der Waals surface area contributed by atoms with E-state index >= 15 is 0 Å². The fraction of sp³-hybridized carbons (Fsp3) is 0.333. The Morgan fingerprint density at radius 2 is 1.45 bits per heavy atom. The van der Waals surface area contributed by atoms with Gasteiger partial charge >= 0.3 is 11.9 Å². The molecule has 31 heavy (non-hydrogen) atoms. The number of carboxylic acid groups (broad SMARTS) is 2. The van der Waals surface area contributed by atoms with Crippen molar-refractivity contribution in [3.8, 4) is 11.5 Å². The van der Waals surface area contributed by atoms with Gasteiger partial charge in [0.15, 0.2) is 11.5 Å². The number of hydrogen-bond acceptors (Lipinski definition) is 6. The average molecular weight is 469 g/mol. The van der Waals surface area contributed by atoms with Gasteiger partial charge in [0.25, 0.3) is 0 Å². The van der Waals surface area contributed by atoms with Crippen LogP contribution in [-0.4, -0.2) is 64.9 Å². The lowest BCUT2D eigenvalue weighted by molar-refractivity contribution is -0.159. The average Bonchev–Trinajstić information content (AvgIpc) is 3.20. The molecule has 10 heteroatoms. The summed E-state index contributed by atoms with van der Waals surface area (Å²) in [4.78, 5) is 23.1. The van der Waals surface area contributed by atoms with E-state index < -0.39 is 11.9 Å². The molecule has 0 saturated carbocycles. The van der Waals surface area contributed by atoms with Crippen molar-refractivity contribution in [2.45, 2.75) is 13.1 Å². The molecule has 4 rings (SSSR count). The Labute approximate surface area is 189 Å². The summed E-state index contributed by atoms with van der Waals surface area (Å²) in [6.07, 6.45) is 0. The van der Waals surface area contributed by atoms with E-state index in [0.717, 1.165) is 61.4 Å². The lowest BCUT2D eigenvalue weighted by Gasteiger charge is -2.35. The lowest BCUT2D eigenvalue weighted by Crippen LogP contribution is -2.45. The van der Waals surface area contributed by atoms with Crippen LogP contribution >= 0.6 is 23.2 Å². The van der Waals surface area contributed by atoms with Gasteiger partial charge in [0.05, 0.1) is 0 Å². The third-order valence-corrected chi connectivity index (χ3v) is 5.49. The van der Waals surface area contributed by atoms with Crippen LogP contribution in [0.2, 0.25) is 10.0 Å². The van der Waals surface area contributed by atoms with Gasteiger partial charge in [-0.15, -0.1) is 0 Å². The van der Waals surface area contributed by atoms with Crippen LogP contribution in [0.5, 0.6) is 11.5 Å². The van der Waals surface area contributed by atoms with Crippen molar-refractivity contribution in [2.24, 2.45) is 0 Å². The molecule has 0 bridgehead atoms. The Balaban J connectivity index is 0.000000401. The van der Waals surface area contributed by atoms with Crippen molar-refractivity contribution in [1.82, 2.24) is 9.80 Å². The molecule has 1 fully saturated rings. The van der Waals surface area contributed by atoms with E-state index in [1.165, 1.54) is 5.56 Å². The highest BCUT2D eigenvalue weighted by molar-refractivity contribution is 6.35. The molecule has 0 spiro atoms. The van der Waals surface area contributed by atoms with Crippen molar-refractivity contribution in [3.05, 3.63) is 57.6 Å². The number of rotatable bonds is 4. The van der Waals surface area contributed by atoms with Gasteiger partial charge in [-0.05, 0) is 35.4 Å². The Morgan fingerprint density at radius 3 is 2.06 bits per heavy atom. The van der Waals surface area contributed by atoms with Crippen LogP contribution < -0.4 is 9.47 Å². The van der Waals surface area contributed by atoms with Crippen molar-refractivity contribution >= 4 is 35.1 Å². The maximum Gasteiger partial charge on any atom is 0.414 e. The molecule has 0 aromatic heterocycles. The van der Waals surface area contributed by atoms with Gasteiger partial charge in [-0.3, -0.25) is 9.80 Å². The lowest BCUT2D eigenvalue weighted by atomic mass is 10.1. The number of carbonyl (C=O) groups is 2. The number of carboxylic acids is 2. The number of hydrogen-bond donors (Lipinski definition) is 2. The summed E-state index contributed by atoms with van der Waals surface area (Å²) in [6, 6.07) is 11.9. The summed E-state index contributed by atoms with van der Waals surface area (Å²) >= 11 is 12.3. The van der Waals surface area contributed by atoms with Crippen molar-refractivity contribution < 1.29 is 29.3 Å². The molecule has 0 atom stereocenters. The topological polar surface area (TPSA) is 99.5 Å². The van der Waals surface area contributed by atoms with Crippen LogP contribution in [0.4, 0.5) is 0 Å². The first-order valence-corrected chi connectivity index (χ1v) is 10.3. The first kappa shape index (κ1) is 23.1. The molecule has 1 saturated heterocycles. The van der Waals surface area contributed by atoms with Gasteiger partial charge < -0.3 is 19.7 Å². The van der Waals surface area contributed by atoms with Crippen LogP contribution in [0.1, 0.15) is 11.1 Å². The molecule has 2 aliphatic heterocycles. The second kappa shape index (κ2) is 10.7. The first-order chi connectivity index (χ1) is 14.8. The molecule has 0 radical (unpaired) electrons. The van der Waals surface area contributed by atoms with Gasteiger partial charge in [-0.25, -0.2) is 9.59 Å². The quantitative estimate of drug-likeness (QED) is 0.659. The maximum absolute atomic E-state index is 9.10. The highest BCUT2D eigenvalue weighted by Crippen LogP contribution is 2.33. The molecule has 0 unspecified atom stereocenters. The molecule has 2 aromatic rings. The molecule has 2 N–H and O–H groups in total. The normalized spacial score (nSPS) is 15.8. The fourth-order valence-corrected chi connectivity index (χ4v) is 3.76. The Bertz CT molecular complexity index is 935. The van der Waals surface area contributed by atoms with Crippen LogP contribution in [0.3, 0.4) is 0 Å². The largest absolute Gasteiger partial charge is 0.473 e. The Kier molecular flexibility index (Phi) is 7.97. The van der Waals surface area contributed by atoms with Crippen LogP contribution in [-0.2, 0) is 22.7 Å². The number of nitrogens with zero attached hydrogens (tertiary/aromatic N) is 2. The molecule has 166 valence electrons. The summed E-state index contributed by atoms with van der Waals surface area (Å²) in [5.74, 6) is -1.95. The van der Waals surface area contributed by atoms with Crippen molar-refractivity contribution in [2.75, 3.05) is 33.0 Å². The fourth-order valence-electron chi connectivity index (χ4n) is 3.29. The van der Waals surface area contributed by atoms with Gasteiger partial charge in [-0.1, -0.05) is 35.3 Å². The zero-order chi connectivity index (χ0) is 22.4. The molecular weight excluding hydrogens is 447 g/mol. The minimum Gasteiger partial charge on any atom is -0.473 e. The van der Waals surface area contributed by atoms with Crippen molar-refractivity contribution in [1.29, 1.82) is 0 Å². The number of benzene rings is 2. The van der Waals surface area contributed by atoms with Gasteiger partial charge in [0.2, 0.25) is 6.79 Å². The van der Waals surface area contributed by atoms with Gasteiger partial charge in [0.1, 0.15) is 0 Å². The van der Waals surface area contributed by atoms with E-state index in [0.29, 0.717) is 11.8 Å². The molecule has 2 aliphatic rings. The van der Waals surface area contributed by atoms with E-state index in [4.69, 9.17) is 52.5 Å². The van der Waals surface area contributed by atoms with Gasteiger partial charge in [-0.2, -0.15) is 0 Å². The maximum atomic E-state index is 9.10. The Morgan fingerprint density at radius 1 is 0.839 bits per heavy atom. The zero-order valence-corrected chi connectivity index (χ0v) is 18.1. The van der Waals surface area contributed by atoms with E-state index in [1.807, 2.05) is 24.3 Å². The summed E-state index contributed by atoms with van der Waals surface area (Å²) in [5.41, 5.74) is 2.40.